The topological polar surface area (TPSA) is 51.0 Å². The SMILES string of the molecule is CCCNC(C)Cc1nc(-c2ccc(F)cc2Cl)no1. The number of nitrogens with one attached hydrogen (secondary N) is 1. The summed E-state index contributed by atoms with van der Waals surface area (Å²) in [7, 11) is 0. The van der Waals surface area contributed by atoms with Gasteiger partial charge in [0.1, 0.15) is 5.82 Å². The minimum Gasteiger partial charge on any atom is -0.339 e. The van der Waals surface area contributed by atoms with Crippen LogP contribution in [-0.2, 0) is 6.42 Å². The van der Waals surface area contributed by atoms with Crippen LogP contribution in [0.25, 0.3) is 11.4 Å². The molecular weight excluding hydrogens is 281 g/mol. The van der Waals surface area contributed by atoms with Gasteiger partial charge in [-0.05, 0) is 38.1 Å². The minimum absolute atomic E-state index is 0.256. The Bertz CT molecular complexity index is 573. The van der Waals surface area contributed by atoms with Crippen molar-refractivity contribution in [3.8, 4) is 11.4 Å². The third-order valence-corrected chi connectivity index (χ3v) is 3.18. The molecule has 0 spiro atoms. The molecule has 1 heterocycles. The van der Waals surface area contributed by atoms with Crippen LogP contribution >= 0.6 is 11.6 Å². The Morgan fingerprint density at radius 2 is 2.25 bits per heavy atom. The largest absolute Gasteiger partial charge is 0.339 e. The van der Waals surface area contributed by atoms with E-state index < -0.39 is 0 Å². The maximum atomic E-state index is 13.0. The molecule has 2 aromatic rings. The highest BCUT2D eigenvalue weighted by molar-refractivity contribution is 6.33. The highest BCUT2D eigenvalue weighted by Crippen LogP contribution is 2.26. The lowest BCUT2D eigenvalue weighted by Gasteiger charge is -2.09. The number of nitrogens with zero attached hydrogens (tertiary/aromatic N) is 2. The average Bonchev–Trinajstić information content (AvgIpc) is 2.84. The summed E-state index contributed by atoms with van der Waals surface area (Å²) in [6, 6.07) is 4.36. The predicted molar refractivity (Wildman–Crippen MR) is 76.2 cm³/mol. The summed E-state index contributed by atoms with van der Waals surface area (Å²) in [6.45, 7) is 5.12. The van der Waals surface area contributed by atoms with Crippen molar-refractivity contribution in [2.45, 2.75) is 32.7 Å². The Kier molecular flexibility index (Phi) is 5.09. The van der Waals surface area contributed by atoms with Crippen LogP contribution in [0.4, 0.5) is 4.39 Å². The Labute approximate surface area is 122 Å². The summed E-state index contributed by atoms with van der Waals surface area (Å²) >= 11 is 5.97. The molecule has 0 saturated carbocycles. The molecule has 1 aromatic carbocycles. The van der Waals surface area contributed by atoms with Crippen molar-refractivity contribution in [2.24, 2.45) is 0 Å². The third-order valence-electron chi connectivity index (χ3n) is 2.86. The predicted octanol–water partition coefficient (Wildman–Crippen LogP) is 3.46. The molecule has 0 fully saturated rings. The maximum absolute atomic E-state index is 13.0. The van der Waals surface area contributed by atoms with E-state index in [2.05, 4.69) is 29.3 Å². The van der Waals surface area contributed by atoms with E-state index in [-0.39, 0.29) is 16.9 Å². The van der Waals surface area contributed by atoms with Gasteiger partial charge in [-0.2, -0.15) is 4.98 Å². The van der Waals surface area contributed by atoms with Crippen molar-refractivity contribution < 1.29 is 8.91 Å². The lowest BCUT2D eigenvalue weighted by atomic mass is 10.2. The molecule has 0 saturated heterocycles. The van der Waals surface area contributed by atoms with Crippen LogP contribution < -0.4 is 5.32 Å². The van der Waals surface area contributed by atoms with E-state index in [1.807, 2.05) is 0 Å². The van der Waals surface area contributed by atoms with Crippen LogP contribution in [0.15, 0.2) is 22.7 Å². The van der Waals surface area contributed by atoms with Gasteiger partial charge in [0.15, 0.2) is 0 Å². The second kappa shape index (κ2) is 6.81. The van der Waals surface area contributed by atoms with Gasteiger partial charge in [-0.25, -0.2) is 4.39 Å². The molecule has 0 amide bonds. The zero-order valence-electron chi connectivity index (χ0n) is 11.5. The summed E-state index contributed by atoms with van der Waals surface area (Å²) in [5, 5.41) is 7.51. The second-order valence-corrected chi connectivity index (χ2v) is 5.10. The lowest BCUT2D eigenvalue weighted by molar-refractivity contribution is 0.362. The van der Waals surface area contributed by atoms with Gasteiger partial charge in [0.2, 0.25) is 11.7 Å². The van der Waals surface area contributed by atoms with Crippen LogP contribution in [0.1, 0.15) is 26.2 Å². The van der Waals surface area contributed by atoms with Gasteiger partial charge >= 0.3 is 0 Å². The fourth-order valence-electron chi connectivity index (χ4n) is 1.84. The second-order valence-electron chi connectivity index (χ2n) is 4.70. The molecule has 0 radical (unpaired) electrons. The van der Waals surface area contributed by atoms with Gasteiger partial charge in [-0.3, -0.25) is 0 Å². The first kappa shape index (κ1) is 14.9. The molecule has 0 aliphatic carbocycles. The Morgan fingerprint density at radius 1 is 1.45 bits per heavy atom. The van der Waals surface area contributed by atoms with Gasteiger partial charge in [0.25, 0.3) is 0 Å². The van der Waals surface area contributed by atoms with Crippen LogP contribution in [0.5, 0.6) is 0 Å². The van der Waals surface area contributed by atoms with Gasteiger partial charge in [-0.15, -0.1) is 0 Å². The third kappa shape index (κ3) is 3.77. The number of aromatic nitrogens is 2. The summed E-state index contributed by atoms with van der Waals surface area (Å²) < 4.78 is 18.2. The fraction of sp³-hybridized carbons (Fsp3) is 0.429. The molecule has 20 heavy (non-hydrogen) atoms. The average molecular weight is 298 g/mol. The van der Waals surface area contributed by atoms with Crippen LogP contribution in [0, 0.1) is 5.82 Å². The molecule has 2 rings (SSSR count). The molecule has 6 heteroatoms. The van der Waals surface area contributed by atoms with Gasteiger partial charge < -0.3 is 9.84 Å². The summed E-state index contributed by atoms with van der Waals surface area (Å²) in [4.78, 5) is 4.29. The molecule has 1 unspecified atom stereocenters. The number of hydrogen-bond donors (Lipinski definition) is 1. The first-order valence-corrected chi connectivity index (χ1v) is 6.99. The van der Waals surface area contributed by atoms with E-state index in [0.717, 1.165) is 13.0 Å². The summed E-state index contributed by atoms with van der Waals surface area (Å²) in [6.07, 6.45) is 1.72. The van der Waals surface area contributed by atoms with Crippen molar-refractivity contribution in [3.63, 3.8) is 0 Å². The van der Waals surface area contributed by atoms with Crippen molar-refractivity contribution in [2.75, 3.05) is 6.54 Å². The molecule has 1 N–H and O–H groups in total. The molecule has 0 bridgehead atoms. The zero-order valence-corrected chi connectivity index (χ0v) is 12.2. The quantitative estimate of drug-likeness (QED) is 0.887. The lowest BCUT2D eigenvalue weighted by Crippen LogP contribution is -2.28. The normalized spacial score (nSPS) is 12.6. The number of rotatable bonds is 6. The molecule has 0 aliphatic heterocycles. The molecule has 1 atom stereocenters. The highest BCUT2D eigenvalue weighted by Gasteiger charge is 2.14. The van der Waals surface area contributed by atoms with Crippen LogP contribution in [0.2, 0.25) is 5.02 Å². The van der Waals surface area contributed by atoms with E-state index in [1.54, 1.807) is 6.07 Å². The molecule has 1 aromatic heterocycles. The van der Waals surface area contributed by atoms with E-state index in [0.29, 0.717) is 23.7 Å². The summed E-state index contributed by atoms with van der Waals surface area (Å²) in [5.41, 5.74) is 0.567. The Hall–Kier alpha value is -1.46. The van der Waals surface area contributed by atoms with Crippen LogP contribution in [0.3, 0.4) is 0 Å². The van der Waals surface area contributed by atoms with E-state index >= 15 is 0 Å². The van der Waals surface area contributed by atoms with E-state index in [1.165, 1.54) is 12.1 Å². The van der Waals surface area contributed by atoms with Crippen molar-refractivity contribution in [3.05, 3.63) is 34.9 Å². The van der Waals surface area contributed by atoms with Crippen molar-refractivity contribution in [1.29, 1.82) is 0 Å². The summed E-state index contributed by atoms with van der Waals surface area (Å²) in [5.74, 6) is 0.532. The van der Waals surface area contributed by atoms with E-state index in [4.69, 9.17) is 16.1 Å². The van der Waals surface area contributed by atoms with Gasteiger partial charge in [0, 0.05) is 18.0 Å². The van der Waals surface area contributed by atoms with Crippen LogP contribution in [-0.4, -0.2) is 22.7 Å². The number of benzene rings is 1. The molecule has 4 nitrogen and oxygen atoms in total. The standard InChI is InChI=1S/C14H17ClFN3O/c1-3-6-17-9(2)7-13-18-14(19-20-13)11-5-4-10(16)8-12(11)15/h4-5,8-9,17H,3,6-7H2,1-2H3. The maximum Gasteiger partial charge on any atom is 0.228 e. The molecule has 108 valence electrons. The number of hydrogen-bond acceptors (Lipinski definition) is 4. The first-order valence-electron chi connectivity index (χ1n) is 6.61. The number of halogens is 2. The Morgan fingerprint density at radius 3 is 2.95 bits per heavy atom. The molecule has 0 aliphatic rings. The van der Waals surface area contributed by atoms with Crippen molar-refractivity contribution >= 4 is 11.6 Å². The minimum atomic E-state index is -0.389. The molecular formula is C14H17ClFN3O. The smallest absolute Gasteiger partial charge is 0.228 e. The highest BCUT2D eigenvalue weighted by atomic mass is 35.5. The zero-order chi connectivity index (χ0) is 14.5. The monoisotopic (exact) mass is 297 g/mol. The van der Waals surface area contributed by atoms with Crippen molar-refractivity contribution in [1.82, 2.24) is 15.5 Å². The van der Waals surface area contributed by atoms with E-state index in [9.17, 15) is 4.39 Å². The first-order chi connectivity index (χ1) is 9.60. The van der Waals surface area contributed by atoms with Gasteiger partial charge in [0.05, 0.1) is 5.02 Å². The van der Waals surface area contributed by atoms with Gasteiger partial charge in [-0.1, -0.05) is 23.7 Å². The fourth-order valence-corrected chi connectivity index (χ4v) is 2.09. The Balaban J connectivity index is 2.08.